The van der Waals surface area contributed by atoms with Gasteiger partial charge in [0, 0.05) is 21.7 Å². The minimum Gasteiger partial charge on any atom is -0.354 e. The molecule has 0 fully saturated rings. The third-order valence-corrected chi connectivity index (χ3v) is 3.41. The molecule has 0 saturated carbocycles. The van der Waals surface area contributed by atoms with Gasteiger partial charge in [0.05, 0.1) is 5.52 Å². The van der Waals surface area contributed by atoms with Gasteiger partial charge < -0.3 is 4.98 Å². The lowest BCUT2D eigenvalue weighted by Gasteiger charge is -1.98. The fourth-order valence-electron chi connectivity index (χ4n) is 2.59. The Kier molecular flexibility index (Phi) is 7.90. The van der Waals surface area contributed by atoms with E-state index in [1.165, 1.54) is 32.6 Å². The highest BCUT2D eigenvalue weighted by molar-refractivity contribution is 6.16. The number of aromatic amines is 1. The smallest absolute Gasteiger partial charge is 0.0544 e. The molecule has 1 nitrogen and oxygen atoms in total. The van der Waals surface area contributed by atoms with Crippen LogP contribution in [0.25, 0.3) is 32.6 Å². The number of benzene rings is 3. The average Bonchev–Trinajstić information content (AvgIpc) is 3.06. The summed E-state index contributed by atoms with van der Waals surface area (Å²) in [5.74, 6) is 0. The summed E-state index contributed by atoms with van der Waals surface area (Å²) in [5, 5.41) is 5.18. The second-order valence-corrected chi connectivity index (χ2v) is 4.38. The summed E-state index contributed by atoms with van der Waals surface area (Å²) in [7, 11) is 0. The van der Waals surface area contributed by atoms with Gasteiger partial charge in [0.1, 0.15) is 0 Å². The fourth-order valence-corrected chi connectivity index (χ4v) is 2.59. The average molecular weight is 307 g/mol. The van der Waals surface area contributed by atoms with Gasteiger partial charge in [-0.15, -0.1) is 0 Å². The zero-order chi connectivity index (χ0) is 17.2. The molecular weight excluding hydrogens is 278 g/mol. The highest BCUT2D eigenvalue weighted by Crippen LogP contribution is 2.30. The van der Waals surface area contributed by atoms with Crippen molar-refractivity contribution < 1.29 is 0 Å². The Balaban J connectivity index is 0.000000400. The highest BCUT2D eigenvalue weighted by Gasteiger charge is 2.05. The van der Waals surface area contributed by atoms with E-state index in [-0.39, 0.29) is 0 Å². The topological polar surface area (TPSA) is 15.8 Å². The first kappa shape index (κ1) is 18.8. The lowest BCUT2D eigenvalue weighted by atomic mass is 10.1. The number of hydrogen-bond acceptors (Lipinski definition) is 0. The van der Waals surface area contributed by atoms with Crippen LogP contribution in [-0.4, -0.2) is 4.98 Å². The molecule has 122 valence electrons. The molecule has 0 aliphatic rings. The molecule has 1 N–H and O–H groups in total. The SMILES string of the molecule is CC.CC.CC.c1ccc2c(c1)ccc1c3ccccc3[nH]c21. The number of nitrogens with one attached hydrogen (secondary N) is 1. The van der Waals surface area contributed by atoms with Crippen LogP contribution < -0.4 is 0 Å². The number of aromatic nitrogens is 1. The van der Waals surface area contributed by atoms with Crippen LogP contribution in [0.5, 0.6) is 0 Å². The van der Waals surface area contributed by atoms with Crippen molar-refractivity contribution in [3.63, 3.8) is 0 Å². The van der Waals surface area contributed by atoms with Crippen LogP contribution in [0.4, 0.5) is 0 Å². The molecule has 0 spiro atoms. The van der Waals surface area contributed by atoms with Crippen LogP contribution in [0.3, 0.4) is 0 Å². The van der Waals surface area contributed by atoms with Crippen LogP contribution in [-0.2, 0) is 0 Å². The summed E-state index contributed by atoms with van der Waals surface area (Å²) in [5.41, 5.74) is 2.45. The van der Waals surface area contributed by atoms with E-state index in [9.17, 15) is 0 Å². The minimum atomic E-state index is 1.21. The normalized spacial score (nSPS) is 9.30. The quantitative estimate of drug-likeness (QED) is 0.345. The van der Waals surface area contributed by atoms with Crippen molar-refractivity contribution in [2.24, 2.45) is 0 Å². The molecule has 1 heterocycles. The van der Waals surface area contributed by atoms with Crippen LogP contribution in [0.15, 0.2) is 60.7 Å². The largest absolute Gasteiger partial charge is 0.354 e. The second kappa shape index (κ2) is 9.68. The van der Waals surface area contributed by atoms with Gasteiger partial charge in [-0.05, 0) is 11.5 Å². The molecule has 23 heavy (non-hydrogen) atoms. The molecule has 0 atom stereocenters. The molecule has 0 bridgehead atoms. The lowest BCUT2D eigenvalue weighted by molar-refractivity contribution is 1.50. The van der Waals surface area contributed by atoms with Crippen molar-refractivity contribution in [1.29, 1.82) is 0 Å². The zero-order valence-corrected chi connectivity index (χ0v) is 15.3. The van der Waals surface area contributed by atoms with Crippen molar-refractivity contribution in [1.82, 2.24) is 4.98 Å². The predicted octanol–water partition coefficient (Wildman–Crippen LogP) is 7.55. The van der Waals surface area contributed by atoms with Crippen LogP contribution >= 0.6 is 0 Å². The first-order chi connectivity index (χ1) is 11.4. The van der Waals surface area contributed by atoms with Crippen molar-refractivity contribution in [3.05, 3.63) is 60.7 Å². The van der Waals surface area contributed by atoms with Gasteiger partial charge >= 0.3 is 0 Å². The van der Waals surface area contributed by atoms with Crippen molar-refractivity contribution >= 4 is 32.6 Å². The minimum absolute atomic E-state index is 1.21. The van der Waals surface area contributed by atoms with Gasteiger partial charge in [-0.1, -0.05) is 96.1 Å². The molecule has 0 unspecified atom stereocenters. The lowest BCUT2D eigenvalue weighted by Crippen LogP contribution is -1.74. The van der Waals surface area contributed by atoms with Crippen molar-refractivity contribution in [2.45, 2.75) is 41.5 Å². The van der Waals surface area contributed by atoms with Gasteiger partial charge in [-0.25, -0.2) is 0 Å². The summed E-state index contributed by atoms with van der Waals surface area (Å²) in [6.07, 6.45) is 0. The Morgan fingerprint density at radius 3 is 1.78 bits per heavy atom. The first-order valence-electron chi connectivity index (χ1n) is 8.82. The molecule has 4 aromatic rings. The third-order valence-electron chi connectivity index (χ3n) is 3.41. The number of fused-ring (bicyclic) bond motifs is 5. The van der Waals surface area contributed by atoms with Gasteiger partial charge in [0.25, 0.3) is 0 Å². The van der Waals surface area contributed by atoms with E-state index >= 15 is 0 Å². The summed E-state index contributed by atoms with van der Waals surface area (Å²) in [6, 6.07) is 21.4. The standard InChI is InChI=1S/C16H11N.3C2H6/c1-2-6-12-11(5-1)9-10-14-13-7-3-4-8-15(13)17-16(12)14;3*1-2/h1-10,17H;3*1-2H3. The Labute approximate surface area is 140 Å². The molecule has 0 aliphatic carbocycles. The van der Waals surface area contributed by atoms with E-state index in [0.717, 1.165) is 0 Å². The fraction of sp³-hybridized carbons (Fsp3) is 0.273. The third kappa shape index (κ3) is 3.73. The predicted molar refractivity (Wildman–Crippen MR) is 107 cm³/mol. The maximum atomic E-state index is 3.52. The molecule has 3 aromatic carbocycles. The monoisotopic (exact) mass is 307 g/mol. The van der Waals surface area contributed by atoms with Crippen LogP contribution in [0.1, 0.15) is 41.5 Å². The van der Waals surface area contributed by atoms with E-state index in [1.807, 2.05) is 41.5 Å². The summed E-state index contributed by atoms with van der Waals surface area (Å²) in [4.78, 5) is 3.52. The zero-order valence-electron chi connectivity index (χ0n) is 15.3. The summed E-state index contributed by atoms with van der Waals surface area (Å²) < 4.78 is 0. The van der Waals surface area contributed by atoms with Gasteiger partial charge in [-0.3, -0.25) is 0 Å². The molecule has 0 radical (unpaired) electrons. The van der Waals surface area contributed by atoms with Crippen LogP contribution in [0.2, 0.25) is 0 Å². The highest BCUT2D eigenvalue weighted by atomic mass is 14.7. The van der Waals surface area contributed by atoms with Crippen LogP contribution in [0, 0.1) is 0 Å². The first-order valence-corrected chi connectivity index (χ1v) is 8.82. The molecule has 0 amide bonds. The van der Waals surface area contributed by atoms with E-state index in [1.54, 1.807) is 0 Å². The second-order valence-electron chi connectivity index (χ2n) is 4.38. The Morgan fingerprint density at radius 1 is 0.522 bits per heavy atom. The molecule has 1 heteroatoms. The van der Waals surface area contributed by atoms with Gasteiger partial charge in [0.15, 0.2) is 0 Å². The van der Waals surface area contributed by atoms with E-state index in [2.05, 4.69) is 65.6 Å². The number of H-pyrrole nitrogens is 1. The molecule has 1 aromatic heterocycles. The van der Waals surface area contributed by atoms with Crippen molar-refractivity contribution in [2.75, 3.05) is 0 Å². The van der Waals surface area contributed by atoms with E-state index < -0.39 is 0 Å². The van der Waals surface area contributed by atoms with Gasteiger partial charge in [-0.2, -0.15) is 0 Å². The maximum Gasteiger partial charge on any atom is 0.0544 e. The number of hydrogen-bond donors (Lipinski definition) is 1. The number of para-hydroxylation sites is 1. The Hall–Kier alpha value is -2.28. The Bertz CT molecular complexity index is 840. The summed E-state index contributed by atoms with van der Waals surface area (Å²) >= 11 is 0. The number of rotatable bonds is 0. The maximum absolute atomic E-state index is 3.52. The molecule has 0 aliphatic heterocycles. The van der Waals surface area contributed by atoms with E-state index in [0.29, 0.717) is 0 Å². The van der Waals surface area contributed by atoms with Crippen molar-refractivity contribution in [3.8, 4) is 0 Å². The molecule has 0 saturated heterocycles. The molecule has 4 rings (SSSR count). The summed E-state index contributed by atoms with van der Waals surface area (Å²) in [6.45, 7) is 12.0. The molecular formula is C22H29N. The Morgan fingerprint density at radius 2 is 1.09 bits per heavy atom. The van der Waals surface area contributed by atoms with Gasteiger partial charge in [0.2, 0.25) is 0 Å². The van der Waals surface area contributed by atoms with E-state index in [4.69, 9.17) is 0 Å².